The molecule has 5 heteroatoms. The van der Waals surface area contributed by atoms with Gasteiger partial charge in [-0.05, 0) is 17.7 Å². The highest BCUT2D eigenvalue weighted by atomic mass is 32.1. The number of hydrogen-bond acceptors (Lipinski definition) is 4. The lowest BCUT2D eigenvalue weighted by Gasteiger charge is -2.11. The highest BCUT2D eigenvalue weighted by Crippen LogP contribution is 2.10. The van der Waals surface area contributed by atoms with E-state index in [0.29, 0.717) is 6.42 Å². The molecule has 1 atom stereocenters. The second kappa shape index (κ2) is 6.17. The quantitative estimate of drug-likeness (QED) is 0.653. The van der Waals surface area contributed by atoms with Gasteiger partial charge in [-0.1, -0.05) is 12.1 Å². The van der Waals surface area contributed by atoms with Crippen LogP contribution in [0.15, 0.2) is 24.3 Å². The first-order valence-corrected chi connectivity index (χ1v) is 5.34. The summed E-state index contributed by atoms with van der Waals surface area (Å²) in [6.07, 6.45) is 2.10. The molecule has 1 rings (SSSR count). The maximum absolute atomic E-state index is 11.0. The third-order valence-corrected chi connectivity index (χ3v) is 2.28. The number of hydrogen-bond donors (Lipinski definition) is 3. The van der Waals surface area contributed by atoms with Gasteiger partial charge in [-0.15, -0.1) is 0 Å². The molecule has 0 unspecified atom stereocenters. The molecule has 16 heavy (non-hydrogen) atoms. The summed E-state index contributed by atoms with van der Waals surface area (Å²) in [6.45, 7) is 0. The lowest BCUT2D eigenvalue weighted by atomic mass is 10.1. The molecule has 1 aromatic rings. The second-order valence-electron chi connectivity index (χ2n) is 3.27. The molecule has 0 fully saturated rings. The topological polar surface area (TPSA) is 66.4 Å². The van der Waals surface area contributed by atoms with Crippen LogP contribution < -0.4 is 5.32 Å². The van der Waals surface area contributed by atoms with Crippen molar-refractivity contribution in [2.45, 2.75) is 12.5 Å². The molecule has 1 amide bonds. The summed E-state index contributed by atoms with van der Waals surface area (Å²) in [5, 5.41) is 11.6. The van der Waals surface area contributed by atoms with Crippen LogP contribution in [0.1, 0.15) is 5.56 Å². The number of carbonyl (C=O) groups excluding carboxylic acids is 2. The summed E-state index contributed by atoms with van der Waals surface area (Å²) in [5.41, 5.74) is 0.839. The molecular formula is C11H12NO3S. The Bertz CT molecular complexity index is 364. The summed E-state index contributed by atoms with van der Waals surface area (Å²) >= 11 is 3.79. The maximum atomic E-state index is 11.0. The lowest BCUT2D eigenvalue weighted by Crippen LogP contribution is -2.38. The van der Waals surface area contributed by atoms with Gasteiger partial charge in [0.2, 0.25) is 12.2 Å². The van der Waals surface area contributed by atoms with Crippen molar-refractivity contribution in [3.8, 4) is 5.75 Å². The largest absolute Gasteiger partial charge is 0.508 e. The van der Waals surface area contributed by atoms with Crippen LogP contribution in [0.4, 0.5) is 0 Å². The van der Waals surface area contributed by atoms with Crippen molar-refractivity contribution in [2.24, 2.45) is 0 Å². The van der Waals surface area contributed by atoms with Crippen LogP contribution in [-0.4, -0.2) is 29.1 Å². The minimum Gasteiger partial charge on any atom is -0.508 e. The average molecular weight is 238 g/mol. The normalized spacial score (nSPS) is 11.8. The molecule has 1 aromatic carbocycles. The Morgan fingerprint density at radius 2 is 2.06 bits per heavy atom. The zero-order chi connectivity index (χ0) is 12.0. The van der Waals surface area contributed by atoms with Crippen LogP contribution in [0.2, 0.25) is 0 Å². The first kappa shape index (κ1) is 12.6. The molecule has 0 aliphatic carbocycles. The Hall–Kier alpha value is -1.49. The number of rotatable bonds is 5. The standard InChI is InChI=1S/C11H12NO3S/c13-6-9(12-11(15)7-16)5-8-1-3-10(14)4-2-8/h1-4,9,14,16H,5,7H2,(H,12,15)/t9-/m1/s1. The highest BCUT2D eigenvalue weighted by molar-refractivity contribution is 7.81. The van der Waals surface area contributed by atoms with Crippen LogP contribution in [0, 0.1) is 0 Å². The number of phenolic OH excluding ortho intramolecular Hbond substituents is 1. The monoisotopic (exact) mass is 238 g/mol. The van der Waals surface area contributed by atoms with Crippen molar-refractivity contribution in [2.75, 3.05) is 5.75 Å². The Labute approximate surface area is 99.1 Å². The van der Waals surface area contributed by atoms with E-state index in [-0.39, 0.29) is 17.4 Å². The molecule has 2 N–H and O–H groups in total. The molecule has 0 saturated carbocycles. The van der Waals surface area contributed by atoms with Gasteiger partial charge < -0.3 is 10.4 Å². The first-order chi connectivity index (χ1) is 7.65. The van der Waals surface area contributed by atoms with E-state index >= 15 is 0 Å². The van der Waals surface area contributed by atoms with Gasteiger partial charge in [0.25, 0.3) is 0 Å². The number of benzene rings is 1. The summed E-state index contributed by atoms with van der Waals surface area (Å²) in [4.78, 5) is 21.6. The van der Waals surface area contributed by atoms with Gasteiger partial charge in [-0.25, -0.2) is 0 Å². The van der Waals surface area contributed by atoms with Crippen LogP contribution >= 0.6 is 12.6 Å². The Morgan fingerprint density at radius 1 is 1.44 bits per heavy atom. The van der Waals surface area contributed by atoms with Gasteiger partial charge in [-0.2, -0.15) is 12.6 Å². The lowest BCUT2D eigenvalue weighted by molar-refractivity contribution is -0.118. The minimum absolute atomic E-state index is 0.0355. The van der Waals surface area contributed by atoms with E-state index in [1.807, 2.05) is 0 Å². The van der Waals surface area contributed by atoms with Crippen molar-refractivity contribution in [3.63, 3.8) is 0 Å². The van der Waals surface area contributed by atoms with Crippen LogP contribution in [0.3, 0.4) is 0 Å². The summed E-state index contributed by atoms with van der Waals surface area (Å²) in [7, 11) is 0. The van der Waals surface area contributed by atoms with Crippen molar-refractivity contribution < 1.29 is 14.7 Å². The summed E-state index contributed by atoms with van der Waals surface area (Å²) in [5.74, 6) is -0.112. The third-order valence-electron chi connectivity index (χ3n) is 2.00. The van der Waals surface area contributed by atoms with E-state index in [4.69, 9.17) is 5.11 Å². The number of phenols is 1. The Kier molecular flexibility index (Phi) is 4.85. The number of nitrogens with one attached hydrogen (secondary N) is 1. The molecule has 0 saturated heterocycles. The number of amides is 1. The average Bonchev–Trinajstić information content (AvgIpc) is 2.30. The molecule has 4 nitrogen and oxygen atoms in total. The van der Waals surface area contributed by atoms with Gasteiger partial charge in [0.05, 0.1) is 11.8 Å². The zero-order valence-electron chi connectivity index (χ0n) is 8.51. The molecule has 1 radical (unpaired) electrons. The molecule has 0 bridgehead atoms. The van der Waals surface area contributed by atoms with Gasteiger partial charge in [0.1, 0.15) is 5.75 Å². The molecule has 0 aromatic heterocycles. The van der Waals surface area contributed by atoms with Crippen molar-refractivity contribution in [1.29, 1.82) is 0 Å². The van der Waals surface area contributed by atoms with E-state index in [1.54, 1.807) is 18.4 Å². The number of carbonyl (C=O) groups is 1. The minimum atomic E-state index is -0.677. The predicted octanol–water partition coefficient (Wildman–Crippen LogP) is 0.459. The summed E-state index contributed by atoms with van der Waals surface area (Å²) < 4.78 is 0. The van der Waals surface area contributed by atoms with Crippen molar-refractivity contribution >= 4 is 24.8 Å². The zero-order valence-corrected chi connectivity index (χ0v) is 9.41. The van der Waals surface area contributed by atoms with Crippen LogP contribution in [0.5, 0.6) is 5.75 Å². The molecule has 0 aliphatic heterocycles. The third kappa shape index (κ3) is 3.94. The highest BCUT2D eigenvalue weighted by Gasteiger charge is 2.11. The predicted molar refractivity (Wildman–Crippen MR) is 63.3 cm³/mol. The van der Waals surface area contributed by atoms with E-state index in [1.165, 1.54) is 12.1 Å². The van der Waals surface area contributed by atoms with E-state index in [2.05, 4.69) is 17.9 Å². The van der Waals surface area contributed by atoms with Crippen LogP contribution in [-0.2, 0) is 16.0 Å². The Balaban J connectivity index is 2.59. The van der Waals surface area contributed by atoms with Gasteiger partial charge in [0.15, 0.2) is 0 Å². The summed E-state index contributed by atoms with van der Waals surface area (Å²) in [6, 6.07) is 5.75. The second-order valence-corrected chi connectivity index (χ2v) is 3.58. The van der Waals surface area contributed by atoms with Crippen LogP contribution in [0.25, 0.3) is 0 Å². The van der Waals surface area contributed by atoms with Crippen molar-refractivity contribution in [3.05, 3.63) is 29.8 Å². The maximum Gasteiger partial charge on any atom is 0.230 e. The molecule has 85 valence electrons. The van der Waals surface area contributed by atoms with Gasteiger partial charge in [-0.3, -0.25) is 9.59 Å². The fourth-order valence-electron chi connectivity index (χ4n) is 1.23. The van der Waals surface area contributed by atoms with Crippen molar-refractivity contribution in [1.82, 2.24) is 5.32 Å². The number of thiol groups is 1. The van der Waals surface area contributed by atoms with E-state index in [0.717, 1.165) is 5.56 Å². The first-order valence-electron chi connectivity index (χ1n) is 4.71. The Morgan fingerprint density at radius 3 is 2.56 bits per heavy atom. The fraction of sp³-hybridized carbons (Fsp3) is 0.273. The van der Waals surface area contributed by atoms with Gasteiger partial charge >= 0.3 is 0 Å². The van der Waals surface area contributed by atoms with E-state index < -0.39 is 6.04 Å². The van der Waals surface area contributed by atoms with E-state index in [9.17, 15) is 9.59 Å². The molecule has 0 heterocycles. The number of aromatic hydroxyl groups is 1. The molecule has 0 aliphatic rings. The molecule has 0 spiro atoms. The molecular weight excluding hydrogens is 226 g/mol. The fourth-order valence-corrected chi connectivity index (χ4v) is 1.32. The van der Waals surface area contributed by atoms with Gasteiger partial charge in [0, 0.05) is 6.42 Å². The smallest absolute Gasteiger partial charge is 0.230 e. The SMILES string of the molecule is O=[C][C@@H](Cc1ccc(O)cc1)NC(=O)CS.